The second-order valence-corrected chi connectivity index (χ2v) is 6.93. The smallest absolute Gasteiger partial charge is 0.149 e. The first-order chi connectivity index (χ1) is 10.0. The molecule has 2 aromatic rings. The van der Waals surface area contributed by atoms with Gasteiger partial charge in [0, 0.05) is 18.6 Å². The predicted octanol–water partition coefficient (Wildman–Crippen LogP) is 1.43. The zero-order valence-corrected chi connectivity index (χ0v) is 12.4. The van der Waals surface area contributed by atoms with E-state index in [1.54, 1.807) is 18.2 Å². The van der Waals surface area contributed by atoms with Gasteiger partial charge in [0.15, 0.2) is 0 Å². The fourth-order valence-electron chi connectivity index (χ4n) is 2.47. The number of nitrogens with zero attached hydrogens (tertiary/aromatic N) is 3. The summed E-state index contributed by atoms with van der Waals surface area (Å²) in [6.45, 7) is 0. The first-order valence-corrected chi connectivity index (χ1v) is 8.28. The average molecular weight is 309 g/mol. The van der Waals surface area contributed by atoms with Crippen LogP contribution in [0, 0.1) is 11.7 Å². The largest absolute Gasteiger partial charge is 0.376 e. The number of benzene rings is 1. The first kappa shape index (κ1) is 14.3. The third-order valence-electron chi connectivity index (χ3n) is 3.85. The quantitative estimate of drug-likeness (QED) is 0.907. The lowest BCUT2D eigenvalue weighted by Gasteiger charge is -2.25. The Balaban J connectivity index is 1.96. The van der Waals surface area contributed by atoms with E-state index >= 15 is 0 Å². The van der Waals surface area contributed by atoms with Crippen LogP contribution in [-0.2, 0) is 17.2 Å². The topological polar surface area (TPSA) is 68.0 Å². The molecule has 0 spiro atoms. The lowest BCUT2D eigenvalue weighted by atomic mass is 10.1. The van der Waals surface area contributed by atoms with E-state index in [2.05, 4.69) is 10.2 Å². The van der Waals surface area contributed by atoms with Gasteiger partial charge in [0.25, 0.3) is 0 Å². The molecule has 1 N–H and O–H groups in total. The van der Waals surface area contributed by atoms with Crippen molar-refractivity contribution in [2.45, 2.75) is 24.2 Å². The molecule has 1 aliphatic carbocycles. The van der Waals surface area contributed by atoms with Gasteiger partial charge in [0.2, 0.25) is 0 Å². The summed E-state index contributed by atoms with van der Waals surface area (Å²) in [6.07, 6.45) is 4.69. The van der Waals surface area contributed by atoms with Crippen molar-refractivity contribution in [3.63, 3.8) is 0 Å². The minimum atomic E-state index is -1.41. The Morgan fingerprint density at radius 3 is 2.81 bits per heavy atom. The molecule has 5 nitrogen and oxygen atoms in total. The van der Waals surface area contributed by atoms with Gasteiger partial charge < -0.3 is 5.11 Å². The van der Waals surface area contributed by atoms with E-state index in [0.717, 1.165) is 12.8 Å². The summed E-state index contributed by atoms with van der Waals surface area (Å²) < 4.78 is 27.3. The molecule has 112 valence electrons. The van der Waals surface area contributed by atoms with Crippen LogP contribution in [-0.4, -0.2) is 35.3 Å². The molecule has 0 amide bonds. The molecule has 7 heteroatoms. The maximum atomic E-state index is 13.9. The third-order valence-corrected chi connectivity index (χ3v) is 5.33. The van der Waals surface area contributed by atoms with Crippen molar-refractivity contribution >= 4 is 10.8 Å². The highest BCUT2D eigenvalue weighted by Crippen LogP contribution is 2.43. The molecular formula is C14H16FN3O2S. The Hall–Kier alpha value is -1.60. The molecule has 2 unspecified atom stereocenters. The molecule has 3 rings (SSSR count). The Morgan fingerprint density at radius 2 is 2.19 bits per heavy atom. The fourth-order valence-corrected chi connectivity index (χ4v) is 3.51. The number of para-hydroxylation sites is 1. The van der Waals surface area contributed by atoms with E-state index in [1.807, 2.05) is 0 Å². The number of hydrogen-bond donors (Lipinski definition) is 1. The summed E-state index contributed by atoms with van der Waals surface area (Å²) in [5, 5.41) is 18.4. The molecule has 0 bridgehead atoms. The predicted molar refractivity (Wildman–Crippen MR) is 76.8 cm³/mol. The number of rotatable bonds is 5. The van der Waals surface area contributed by atoms with Crippen LogP contribution in [0.5, 0.6) is 0 Å². The minimum absolute atomic E-state index is 0.00843. The molecule has 1 saturated carbocycles. The van der Waals surface area contributed by atoms with Gasteiger partial charge in [0.05, 0.1) is 16.5 Å². The van der Waals surface area contributed by atoms with Gasteiger partial charge in [-0.25, -0.2) is 4.39 Å². The van der Waals surface area contributed by atoms with Crippen LogP contribution >= 0.6 is 0 Å². The highest BCUT2D eigenvalue weighted by atomic mass is 32.2. The van der Waals surface area contributed by atoms with Gasteiger partial charge in [-0.3, -0.25) is 8.78 Å². The molecule has 1 aromatic carbocycles. The maximum Gasteiger partial charge on any atom is 0.149 e. The molecule has 0 saturated heterocycles. The summed E-state index contributed by atoms with van der Waals surface area (Å²) in [5.41, 5.74) is 0.317. The van der Waals surface area contributed by atoms with E-state index in [0.29, 0.717) is 11.5 Å². The lowest BCUT2D eigenvalue weighted by Crippen LogP contribution is -2.39. The second-order valence-electron chi connectivity index (χ2n) is 5.32. The molecule has 1 aliphatic rings. The Labute approximate surface area is 124 Å². The molecule has 21 heavy (non-hydrogen) atoms. The van der Waals surface area contributed by atoms with E-state index < -0.39 is 21.5 Å². The lowest BCUT2D eigenvalue weighted by molar-refractivity contribution is 0.105. The summed E-state index contributed by atoms with van der Waals surface area (Å²) in [4.78, 5) is -1.32. The first-order valence-electron chi connectivity index (χ1n) is 6.72. The normalized spacial score (nSPS) is 19.2. The van der Waals surface area contributed by atoms with Gasteiger partial charge in [0.1, 0.15) is 22.9 Å². The standard InChI is InChI=1S/C14H16FN3O2S/c1-21(20)14(19,10-6-7-10)8-13-17-16-9-18(13)12-5-3-2-4-11(12)15/h2-5,9-10,19H,6-8H2,1H3. The van der Waals surface area contributed by atoms with Crippen molar-refractivity contribution in [3.8, 4) is 5.69 Å². The van der Waals surface area contributed by atoms with E-state index in [9.17, 15) is 13.7 Å². The third kappa shape index (κ3) is 2.63. The van der Waals surface area contributed by atoms with Gasteiger partial charge in [-0.1, -0.05) is 12.1 Å². The summed E-state index contributed by atoms with van der Waals surface area (Å²) in [6, 6.07) is 6.28. The molecule has 1 fully saturated rings. The van der Waals surface area contributed by atoms with Gasteiger partial charge in [-0.2, -0.15) is 0 Å². The summed E-state index contributed by atoms with van der Waals surface area (Å²) >= 11 is 0. The van der Waals surface area contributed by atoms with Crippen LogP contribution in [0.1, 0.15) is 18.7 Å². The van der Waals surface area contributed by atoms with Crippen molar-refractivity contribution < 1.29 is 13.7 Å². The summed E-state index contributed by atoms with van der Waals surface area (Å²) in [5.74, 6) is 0.0185. The number of aliphatic hydroxyl groups is 1. The van der Waals surface area contributed by atoms with Gasteiger partial charge in [-0.15, -0.1) is 10.2 Å². The van der Waals surface area contributed by atoms with Crippen LogP contribution in [0.3, 0.4) is 0 Å². The van der Waals surface area contributed by atoms with Crippen molar-refractivity contribution in [2.75, 3.05) is 6.26 Å². The van der Waals surface area contributed by atoms with E-state index in [1.165, 1.54) is 23.2 Å². The molecule has 1 aromatic heterocycles. The second kappa shape index (κ2) is 5.31. The molecule has 2 atom stereocenters. The van der Waals surface area contributed by atoms with Crippen LogP contribution in [0.4, 0.5) is 4.39 Å². The molecular weight excluding hydrogens is 293 g/mol. The molecule has 0 aliphatic heterocycles. The highest BCUT2D eigenvalue weighted by molar-refractivity contribution is 7.85. The van der Waals surface area contributed by atoms with Crippen LogP contribution in [0.15, 0.2) is 30.6 Å². The van der Waals surface area contributed by atoms with E-state index in [-0.39, 0.29) is 12.3 Å². The number of halogens is 1. The Bertz CT molecular complexity index is 686. The maximum absolute atomic E-state index is 13.9. The van der Waals surface area contributed by atoms with Gasteiger partial charge >= 0.3 is 0 Å². The SMILES string of the molecule is CS(=O)C(O)(Cc1nncn1-c1ccccc1F)C1CC1. The van der Waals surface area contributed by atoms with Crippen molar-refractivity contribution in [1.29, 1.82) is 0 Å². The molecule has 1 heterocycles. The zero-order valence-electron chi connectivity index (χ0n) is 11.6. The Morgan fingerprint density at radius 1 is 1.48 bits per heavy atom. The van der Waals surface area contributed by atoms with Crippen LogP contribution in [0.2, 0.25) is 0 Å². The minimum Gasteiger partial charge on any atom is -0.376 e. The Kier molecular flexibility index (Phi) is 3.62. The van der Waals surface area contributed by atoms with Crippen LogP contribution < -0.4 is 0 Å². The van der Waals surface area contributed by atoms with Gasteiger partial charge in [-0.05, 0) is 25.0 Å². The average Bonchev–Trinajstić information content (AvgIpc) is 3.21. The number of aromatic nitrogens is 3. The monoisotopic (exact) mass is 309 g/mol. The fraction of sp³-hybridized carbons (Fsp3) is 0.429. The van der Waals surface area contributed by atoms with Crippen molar-refractivity contribution in [1.82, 2.24) is 14.8 Å². The summed E-state index contributed by atoms with van der Waals surface area (Å²) in [7, 11) is -1.41. The molecule has 0 radical (unpaired) electrons. The van der Waals surface area contributed by atoms with Crippen molar-refractivity contribution in [3.05, 3.63) is 42.2 Å². The van der Waals surface area contributed by atoms with Crippen LogP contribution in [0.25, 0.3) is 5.69 Å². The number of hydrogen-bond acceptors (Lipinski definition) is 4. The van der Waals surface area contributed by atoms with E-state index in [4.69, 9.17) is 0 Å². The zero-order chi connectivity index (χ0) is 15.0. The van der Waals surface area contributed by atoms with Crippen molar-refractivity contribution in [2.24, 2.45) is 5.92 Å². The highest BCUT2D eigenvalue weighted by Gasteiger charge is 2.48.